The van der Waals surface area contributed by atoms with Crippen LogP contribution in [0.1, 0.15) is 11.1 Å². The Morgan fingerprint density at radius 2 is 2.06 bits per heavy atom. The molecule has 1 aliphatic rings. The summed E-state index contributed by atoms with van der Waals surface area (Å²) >= 11 is 0. The summed E-state index contributed by atoms with van der Waals surface area (Å²) in [6.45, 7) is 6.97. The maximum absolute atomic E-state index is 13.7. The van der Waals surface area contributed by atoms with Crippen molar-refractivity contribution in [3.63, 3.8) is 0 Å². The molecule has 4 heteroatoms. The molecule has 0 unspecified atom stereocenters. The lowest BCUT2D eigenvalue weighted by molar-refractivity contribution is 0.243. The lowest BCUT2D eigenvalue weighted by Gasteiger charge is -2.27. The molecular weight excluding hydrogens is 231 g/mol. The number of ether oxygens (including phenoxy) is 1. The van der Waals surface area contributed by atoms with Crippen molar-refractivity contribution in [3.8, 4) is 5.75 Å². The third kappa shape index (κ3) is 3.21. The molecule has 0 amide bonds. The van der Waals surface area contributed by atoms with Gasteiger partial charge in [0.05, 0.1) is 7.11 Å². The maximum atomic E-state index is 13.7. The average Bonchev–Trinajstić information content (AvgIpc) is 2.41. The van der Waals surface area contributed by atoms with Gasteiger partial charge in [0.2, 0.25) is 0 Å². The van der Waals surface area contributed by atoms with Crippen molar-refractivity contribution in [1.29, 1.82) is 0 Å². The van der Waals surface area contributed by atoms with E-state index in [1.165, 1.54) is 0 Å². The Hall–Kier alpha value is -1.13. The van der Waals surface area contributed by atoms with Crippen molar-refractivity contribution in [2.45, 2.75) is 13.3 Å². The van der Waals surface area contributed by atoms with Gasteiger partial charge in [-0.3, -0.25) is 0 Å². The van der Waals surface area contributed by atoms with Gasteiger partial charge in [0.15, 0.2) is 0 Å². The average molecular weight is 252 g/mol. The summed E-state index contributed by atoms with van der Waals surface area (Å²) in [5.41, 5.74) is 1.59. The zero-order chi connectivity index (χ0) is 13.0. The second-order valence-corrected chi connectivity index (χ2v) is 4.75. The molecule has 0 atom stereocenters. The van der Waals surface area contributed by atoms with Gasteiger partial charge in [-0.05, 0) is 31.0 Å². The van der Waals surface area contributed by atoms with Crippen LogP contribution in [-0.2, 0) is 6.42 Å². The first-order valence-electron chi connectivity index (χ1n) is 6.47. The number of hydrogen-bond acceptors (Lipinski definition) is 3. The molecule has 3 nitrogen and oxygen atoms in total. The third-order valence-corrected chi connectivity index (χ3v) is 3.50. The number of piperazine rings is 1. The smallest absolute Gasteiger partial charge is 0.130 e. The van der Waals surface area contributed by atoms with Gasteiger partial charge in [0, 0.05) is 38.3 Å². The molecule has 1 aliphatic heterocycles. The van der Waals surface area contributed by atoms with Crippen LogP contribution in [0.2, 0.25) is 0 Å². The van der Waals surface area contributed by atoms with E-state index in [0.717, 1.165) is 44.7 Å². The van der Waals surface area contributed by atoms with E-state index in [4.69, 9.17) is 4.74 Å². The topological polar surface area (TPSA) is 24.5 Å². The number of rotatable bonds is 4. The zero-order valence-corrected chi connectivity index (χ0v) is 11.1. The Bertz CT molecular complexity index is 403. The van der Waals surface area contributed by atoms with Crippen molar-refractivity contribution < 1.29 is 9.13 Å². The summed E-state index contributed by atoms with van der Waals surface area (Å²) in [7, 11) is 1.59. The minimum Gasteiger partial charge on any atom is -0.496 e. The van der Waals surface area contributed by atoms with Gasteiger partial charge >= 0.3 is 0 Å². The van der Waals surface area contributed by atoms with Gasteiger partial charge in [-0.25, -0.2) is 4.39 Å². The standard InChI is InChI=1S/C14H21FN2O/c1-11-13(15)9-12(10-14(11)18-2)3-6-17-7-4-16-5-8-17/h9-10,16H,3-8H2,1-2H3. The Morgan fingerprint density at radius 3 is 2.72 bits per heavy atom. The number of halogens is 1. The molecule has 1 aromatic carbocycles. The highest BCUT2D eigenvalue weighted by Crippen LogP contribution is 2.23. The SMILES string of the molecule is COc1cc(CCN2CCNCC2)cc(F)c1C. The van der Waals surface area contributed by atoms with Crippen LogP contribution < -0.4 is 10.1 Å². The molecule has 0 aromatic heterocycles. The lowest BCUT2D eigenvalue weighted by Crippen LogP contribution is -2.44. The summed E-state index contributed by atoms with van der Waals surface area (Å²) in [5.74, 6) is 0.468. The van der Waals surface area contributed by atoms with Crippen LogP contribution in [0.4, 0.5) is 4.39 Å². The van der Waals surface area contributed by atoms with E-state index < -0.39 is 0 Å². The van der Waals surface area contributed by atoms with Crippen LogP contribution in [0.5, 0.6) is 5.75 Å². The molecule has 18 heavy (non-hydrogen) atoms. The fourth-order valence-electron chi connectivity index (χ4n) is 2.29. The van der Waals surface area contributed by atoms with Crippen LogP contribution >= 0.6 is 0 Å². The minimum absolute atomic E-state index is 0.176. The number of benzene rings is 1. The van der Waals surface area contributed by atoms with Crippen molar-refractivity contribution in [1.82, 2.24) is 10.2 Å². The van der Waals surface area contributed by atoms with E-state index in [-0.39, 0.29) is 5.82 Å². The van der Waals surface area contributed by atoms with Gasteiger partial charge in [-0.15, -0.1) is 0 Å². The molecule has 2 rings (SSSR count). The molecule has 0 saturated carbocycles. The quantitative estimate of drug-likeness (QED) is 0.880. The molecular formula is C14H21FN2O. The molecule has 1 fully saturated rings. The van der Waals surface area contributed by atoms with Crippen LogP contribution in [0, 0.1) is 12.7 Å². The fourth-order valence-corrected chi connectivity index (χ4v) is 2.29. The van der Waals surface area contributed by atoms with E-state index in [1.54, 1.807) is 20.1 Å². The van der Waals surface area contributed by atoms with Crippen molar-refractivity contribution in [2.75, 3.05) is 39.8 Å². The van der Waals surface area contributed by atoms with Gasteiger partial charge < -0.3 is 15.0 Å². The van der Waals surface area contributed by atoms with Gasteiger partial charge in [0.25, 0.3) is 0 Å². The highest BCUT2D eigenvalue weighted by atomic mass is 19.1. The molecule has 0 bridgehead atoms. The maximum Gasteiger partial charge on any atom is 0.130 e. The van der Waals surface area contributed by atoms with E-state index >= 15 is 0 Å². The van der Waals surface area contributed by atoms with Crippen LogP contribution in [0.3, 0.4) is 0 Å². The second-order valence-electron chi connectivity index (χ2n) is 4.75. The number of methoxy groups -OCH3 is 1. The van der Waals surface area contributed by atoms with E-state index in [2.05, 4.69) is 10.2 Å². The first kappa shape index (κ1) is 13.3. The Morgan fingerprint density at radius 1 is 1.33 bits per heavy atom. The highest BCUT2D eigenvalue weighted by Gasteiger charge is 2.11. The first-order chi connectivity index (χ1) is 8.70. The Labute approximate surface area is 108 Å². The highest BCUT2D eigenvalue weighted by molar-refractivity contribution is 5.37. The van der Waals surface area contributed by atoms with Gasteiger partial charge in [0.1, 0.15) is 11.6 Å². The fraction of sp³-hybridized carbons (Fsp3) is 0.571. The normalized spacial score (nSPS) is 16.8. The third-order valence-electron chi connectivity index (χ3n) is 3.50. The zero-order valence-electron chi connectivity index (χ0n) is 11.1. The van der Waals surface area contributed by atoms with Crippen LogP contribution in [0.25, 0.3) is 0 Å². The molecule has 1 saturated heterocycles. The molecule has 0 spiro atoms. The summed E-state index contributed by atoms with van der Waals surface area (Å²) in [5, 5.41) is 3.33. The minimum atomic E-state index is -0.176. The molecule has 100 valence electrons. The first-order valence-corrected chi connectivity index (χ1v) is 6.47. The van der Waals surface area contributed by atoms with Crippen molar-refractivity contribution >= 4 is 0 Å². The monoisotopic (exact) mass is 252 g/mol. The van der Waals surface area contributed by atoms with Gasteiger partial charge in [-0.1, -0.05) is 0 Å². The summed E-state index contributed by atoms with van der Waals surface area (Å²) in [4.78, 5) is 2.40. The Balaban J connectivity index is 1.98. The molecule has 1 heterocycles. The second kappa shape index (κ2) is 6.16. The lowest BCUT2D eigenvalue weighted by atomic mass is 10.1. The molecule has 1 aromatic rings. The van der Waals surface area contributed by atoms with Crippen molar-refractivity contribution in [2.24, 2.45) is 0 Å². The van der Waals surface area contributed by atoms with Crippen LogP contribution in [0.15, 0.2) is 12.1 Å². The molecule has 0 aliphatic carbocycles. The van der Waals surface area contributed by atoms with E-state index in [9.17, 15) is 4.39 Å². The molecule has 0 radical (unpaired) electrons. The van der Waals surface area contributed by atoms with E-state index in [1.807, 2.05) is 6.07 Å². The number of nitrogens with one attached hydrogen (secondary N) is 1. The largest absolute Gasteiger partial charge is 0.496 e. The Kier molecular flexibility index (Phi) is 4.55. The predicted octanol–water partition coefficient (Wildman–Crippen LogP) is 1.59. The molecule has 1 N–H and O–H groups in total. The van der Waals surface area contributed by atoms with E-state index in [0.29, 0.717) is 11.3 Å². The summed E-state index contributed by atoms with van der Waals surface area (Å²) in [6.07, 6.45) is 0.869. The predicted molar refractivity (Wildman–Crippen MR) is 70.7 cm³/mol. The van der Waals surface area contributed by atoms with Crippen molar-refractivity contribution in [3.05, 3.63) is 29.1 Å². The summed E-state index contributed by atoms with van der Waals surface area (Å²) in [6, 6.07) is 3.57. The number of nitrogens with zero attached hydrogens (tertiary/aromatic N) is 1. The van der Waals surface area contributed by atoms with Gasteiger partial charge in [-0.2, -0.15) is 0 Å². The summed E-state index contributed by atoms with van der Waals surface area (Å²) < 4.78 is 18.9. The number of hydrogen-bond donors (Lipinski definition) is 1. The van der Waals surface area contributed by atoms with Crippen LogP contribution in [-0.4, -0.2) is 44.7 Å².